The molecule has 0 spiro atoms. The van der Waals surface area contributed by atoms with Gasteiger partial charge in [-0.25, -0.2) is 0 Å². The number of carbonyl (C=O) groups is 2. The van der Waals surface area contributed by atoms with Gasteiger partial charge < -0.3 is 39.4 Å². The van der Waals surface area contributed by atoms with Crippen LogP contribution in [0.1, 0.15) is 155 Å². The normalized spacial score (nSPS) is 22.3. The molecule has 0 aliphatic carbocycles. The highest BCUT2D eigenvalue weighted by molar-refractivity contribution is 5.70. The predicted octanol–water partition coefficient (Wildman–Crippen LogP) is 5.88. The van der Waals surface area contributed by atoms with E-state index in [1.54, 1.807) is 0 Å². The number of aliphatic hydroxyl groups is 4. The molecule has 0 bridgehead atoms. The Hall–Kier alpha value is -1.30. The molecular formula is C35H66O10. The van der Waals surface area contributed by atoms with Crippen LogP contribution in [0.3, 0.4) is 0 Å². The fourth-order valence-electron chi connectivity index (χ4n) is 5.54. The molecule has 6 atom stereocenters. The number of aliphatic hydroxyl groups excluding tert-OH is 4. The van der Waals surface area contributed by atoms with E-state index in [-0.39, 0.29) is 32.0 Å². The lowest BCUT2D eigenvalue weighted by atomic mass is 9.99. The number of carbonyl (C=O) groups excluding carboxylic acids is 2. The lowest BCUT2D eigenvalue weighted by Crippen LogP contribution is -2.59. The minimum Gasteiger partial charge on any atom is -0.462 e. The van der Waals surface area contributed by atoms with Crippen molar-refractivity contribution in [2.45, 2.75) is 192 Å². The average molecular weight is 647 g/mol. The van der Waals surface area contributed by atoms with Gasteiger partial charge in [-0.05, 0) is 12.8 Å². The summed E-state index contributed by atoms with van der Waals surface area (Å²) in [6.07, 6.45) is 15.5. The van der Waals surface area contributed by atoms with Crippen molar-refractivity contribution >= 4 is 11.9 Å². The summed E-state index contributed by atoms with van der Waals surface area (Å²) in [7, 11) is 0. The highest BCUT2D eigenvalue weighted by atomic mass is 16.7. The number of rotatable bonds is 29. The van der Waals surface area contributed by atoms with E-state index in [4.69, 9.17) is 18.9 Å². The van der Waals surface area contributed by atoms with Crippen LogP contribution in [-0.2, 0) is 28.5 Å². The molecule has 1 aliphatic heterocycles. The van der Waals surface area contributed by atoms with Gasteiger partial charge in [0.25, 0.3) is 0 Å². The lowest BCUT2D eigenvalue weighted by Gasteiger charge is -2.39. The Morgan fingerprint density at radius 3 is 1.51 bits per heavy atom. The zero-order valence-corrected chi connectivity index (χ0v) is 28.4. The Morgan fingerprint density at radius 1 is 0.600 bits per heavy atom. The third-order valence-electron chi connectivity index (χ3n) is 8.49. The zero-order chi connectivity index (χ0) is 33.1. The fraction of sp³-hybridized carbons (Fsp3) is 0.943. The van der Waals surface area contributed by atoms with Gasteiger partial charge in [0.05, 0.1) is 13.2 Å². The first-order valence-electron chi connectivity index (χ1n) is 18.1. The van der Waals surface area contributed by atoms with Gasteiger partial charge in [0.1, 0.15) is 31.0 Å². The third kappa shape index (κ3) is 20.5. The van der Waals surface area contributed by atoms with Crippen molar-refractivity contribution in [3.8, 4) is 0 Å². The molecule has 45 heavy (non-hydrogen) atoms. The molecule has 0 saturated carbocycles. The van der Waals surface area contributed by atoms with E-state index < -0.39 is 49.4 Å². The minimum atomic E-state index is -1.59. The van der Waals surface area contributed by atoms with Gasteiger partial charge >= 0.3 is 11.9 Å². The molecule has 1 fully saturated rings. The minimum absolute atomic E-state index is 0.211. The van der Waals surface area contributed by atoms with Crippen molar-refractivity contribution in [1.82, 2.24) is 0 Å². The molecule has 1 aliphatic rings. The second kappa shape index (κ2) is 27.8. The third-order valence-corrected chi connectivity index (χ3v) is 8.49. The fourth-order valence-corrected chi connectivity index (χ4v) is 5.54. The molecule has 1 heterocycles. The van der Waals surface area contributed by atoms with Crippen molar-refractivity contribution in [3.63, 3.8) is 0 Å². The predicted molar refractivity (Wildman–Crippen MR) is 173 cm³/mol. The number of hydrogen-bond donors (Lipinski definition) is 4. The van der Waals surface area contributed by atoms with Crippen LogP contribution in [0, 0.1) is 0 Å². The van der Waals surface area contributed by atoms with Gasteiger partial charge in [-0.3, -0.25) is 9.59 Å². The summed E-state index contributed by atoms with van der Waals surface area (Å²) in [6, 6.07) is 0. The maximum atomic E-state index is 12.6. The number of unbranched alkanes of at least 4 members (excludes halogenated alkanes) is 18. The molecular weight excluding hydrogens is 580 g/mol. The van der Waals surface area contributed by atoms with Crippen LogP contribution in [0.5, 0.6) is 0 Å². The monoisotopic (exact) mass is 646 g/mol. The van der Waals surface area contributed by atoms with Crippen LogP contribution >= 0.6 is 0 Å². The molecule has 0 radical (unpaired) electrons. The Morgan fingerprint density at radius 2 is 1.04 bits per heavy atom. The summed E-state index contributed by atoms with van der Waals surface area (Å²) in [6.45, 7) is 3.37. The Bertz CT molecular complexity index is 719. The Balaban J connectivity index is 2.43. The summed E-state index contributed by atoms with van der Waals surface area (Å²) in [5.41, 5.74) is 0. The topological polar surface area (TPSA) is 152 Å². The van der Waals surface area contributed by atoms with Crippen molar-refractivity contribution in [3.05, 3.63) is 0 Å². The van der Waals surface area contributed by atoms with Gasteiger partial charge in [-0.15, -0.1) is 0 Å². The molecule has 1 saturated heterocycles. The average Bonchev–Trinajstić information content (AvgIpc) is 3.03. The van der Waals surface area contributed by atoms with Gasteiger partial charge in [-0.2, -0.15) is 0 Å². The first-order chi connectivity index (χ1) is 21.8. The summed E-state index contributed by atoms with van der Waals surface area (Å²) in [4.78, 5) is 25.0. The maximum Gasteiger partial charge on any atom is 0.306 e. The van der Waals surface area contributed by atoms with Crippen LogP contribution in [0.4, 0.5) is 0 Å². The van der Waals surface area contributed by atoms with E-state index in [1.807, 2.05) is 0 Å². The largest absolute Gasteiger partial charge is 0.462 e. The van der Waals surface area contributed by atoms with Gasteiger partial charge in [0.15, 0.2) is 12.4 Å². The summed E-state index contributed by atoms with van der Waals surface area (Å²) in [5, 5.41) is 39.8. The number of ether oxygens (including phenoxy) is 4. The SMILES string of the molecule is CCCCCCCCCCCCC(=O)OC[C@H](CO[C@@H]1O[C@@H](CO)[C@H](O)[C@H](O)[C@@H]1O)OC(=O)CCCCCCCCCCCC. The smallest absolute Gasteiger partial charge is 0.306 e. The first-order valence-corrected chi connectivity index (χ1v) is 18.1. The van der Waals surface area contributed by atoms with Gasteiger partial charge in [0, 0.05) is 12.8 Å². The Labute approximate surface area is 272 Å². The second-order valence-corrected chi connectivity index (χ2v) is 12.7. The zero-order valence-electron chi connectivity index (χ0n) is 28.4. The van der Waals surface area contributed by atoms with Crippen molar-refractivity contribution in [1.29, 1.82) is 0 Å². The van der Waals surface area contributed by atoms with E-state index in [2.05, 4.69) is 13.8 Å². The highest BCUT2D eigenvalue weighted by Gasteiger charge is 2.44. The van der Waals surface area contributed by atoms with Crippen LogP contribution in [0.15, 0.2) is 0 Å². The molecule has 4 N–H and O–H groups in total. The molecule has 0 unspecified atom stereocenters. The molecule has 1 rings (SSSR count). The number of hydrogen-bond acceptors (Lipinski definition) is 10. The van der Waals surface area contributed by atoms with E-state index in [9.17, 15) is 30.0 Å². The molecule has 0 aromatic rings. The maximum absolute atomic E-state index is 12.6. The molecule has 0 aromatic carbocycles. The Kier molecular flexibility index (Phi) is 25.8. The number of esters is 2. The standard InChI is InChI=1S/C35H66O10/c1-3-5-7-9-11-13-15-17-19-21-23-30(37)42-26-28(27-43-35-34(41)33(40)32(39)29(25-36)45-35)44-31(38)24-22-20-18-16-14-12-10-8-6-4-2/h28-29,32-36,39-41H,3-27H2,1-2H3/t28-,29+,32+,33+,34+,35-/m1/s1. The molecule has 10 heteroatoms. The van der Waals surface area contributed by atoms with E-state index in [0.717, 1.165) is 38.5 Å². The van der Waals surface area contributed by atoms with Gasteiger partial charge in [0.2, 0.25) is 0 Å². The van der Waals surface area contributed by atoms with Crippen molar-refractivity contribution in [2.24, 2.45) is 0 Å². The second-order valence-electron chi connectivity index (χ2n) is 12.7. The molecule has 266 valence electrons. The van der Waals surface area contributed by atoms with Crippen molar-refractivity contribution in [2.75, 3.05) is 19.8 Å². The summed E-state index contributed by atoms with van der Waals surface area (Å²) in [5.74, 6) is -0.805. The molecule has 0 amide bonds. The summed E-state index contributed by atoms with van der Waals surface area (Å²) < 4.78 is 22.0. The lowest BCUT2D eigenvalue weighted by molar-refractivity contribution is -0.305. The van der Waals surface area contributed by atoms with E-state index in [0.29, 0.717) is 6.42 Å². The van der Waals surface area contributed by atoms with Crippen LogP contribution in [0.2, 0.25) is 0 Å². The van der Waals surface area contributed by atoms with Crippen LogP contribution in [0.25, 0.3) is 0 Å². The highest BCUT2D eigenvalue weighted by Crippen LogP contribution is 2.22. The van der Waals surface area contributed by atoms with E-state index in [1.165, 1.54) is 83.5 Å². The van der Waals surface area contributed by atoms with Crippen LogP contribution in [-0.4, -0.2) is 89.0 Å². The van der Waals surface area contributed by atoms with E-state index >= 15 is 0 Å². The van der Waals surface area contributed by atoms with Crippen molar-refractivity contribution < 1.29 is 49.0 Å². The molecule has 10 nitrogen and oxygen atoms in total. The van der Waals surface area contributed by atoms with Gasteiger partial charge in [-0.1, -0.05) is 129 Å². The quantitative estimate of drug-likeness (QED) is 0.0573. The first kappa shape index (κ1) is 41.7. The molecule has 0 aromatic heterocycles. The van der Waals surface area contributed by atoms with Crippen LogP contribution < -0.4 is 0 Å². The summed E-state index contributed by atoms with van der Waals surface area (Å²) >= 11 is 0.